The average Bonchev–Trinajstić information content (AvgIpc) is 3.55. The minimum absolute atomic E-state index is 0.00466. The van der Waals surface area contributed by atoms with Crippen molar-refractivity contribution in [2.45, 2.75) is 82.7 Å². The molecule has 0 N–H and O–H groups in total. The summed E-state index contributed by atoms with van der Waals surface area (Å²) in [5.41, 5.74) is 0.957. The van der Waals surface area contributed by atoms with Crippen LogP contribution in [0.5, 0.6) is 0 Å². The molecule has 2 unspecified atom stereocenters. The lowest BCUT2D eigenvalue weighted by Crippen LogP contribution is -2.71. The van der Waals surface area contributed by atoms with E-state index in [1.165, 1.54) is 11.6 Å². The Bertz CT molecular complexity index is 1420. The molecule has 1 saturated heterocycles. The third-order valence-electron chi connectivity index (χ3n) is 9.48. The fourth-order valence-electron chi connectivity index (χ4n) is 7.28. The van der Waals surface area contributed by atoms with Crippen LogP contribution in [0.25, 0.3) is 0 Å². The third-order valence-corrected chi connectivity index (χ3v) is 9.48. The number of amides is 2. The number of rotatable bonds is 10. The number of benzene rings is 2. The summed E-state index contributed by atoms with van der Waals surface area (Å²) in [7, 11) is 0. The van der Waals surface area contributed by atoms with Gasteiger partial charge in [0.2, 0.25) is 5.91 Å². The Morgan fingerprint density at radius 2 is 1.68 bits per heavy atom. The molecule has 6 rings (SSSR count). The zero-order valence-electron chi connectivity index (χ0n) is 25.0. The number of nitrogens with zero attached hydrogens (tertiary/aromatic N) is 5. The van der Waals surface area contributed by atoms with Gasteiger partial charge in [-0.3, -0.25) is 9.59 Å². The molecule has 0 bridgehead atoms. The lowest BCUT2D eigenvalue weighted by Gasteiger charge is -2.55. The Kier molecular flexibility index (Phi) is 8.96. The topological polar surface area (TPSA) is 61.7 Å². The van der Waals surface area contributed by atoms with Gasteiger partial charge in [0.25, 0.3) is 5.91 Å². The van der Waals surface area contributed by atoms with Gasteiger partial charge in [0.15, 0.2) is 0 Å². The van der Waals surface area contributed by atoms with Crippen molar-refractivity contribution in [3.8, 4) is 0 Å². The van der Waals surface area contributed by atoms with Crippen molar-refractivity contribution in [2.24, 2.45) is 5.92 Å². The molecule has 2 fully saturated rings. The first-order valence-electron chi connectivity index (χ1n) is 15.9. The molecule has 1 saturated carbocycles. The number of halogens is 3. The van der Waals surface area contributed by atoms with Crippen LogP contribution >= 0.6 is 0 Å². The first kappa shape index (κ1) is 30.2. The van der Waals surface area contributed by atoms with Crippen LogP contribution in [0.1, 0.15) is 72.9 Å². The zero-order chi connectivity index (χ0) is 30.7. The summed E-state index contributed by atoms with van der Waals surface area (Å²) >= 11 is 0. The van der Waals surface area contributed by atoms with E-state index in [1.54, 1.807) is 17.4 Å². The second-order valence-electron chi connectivity index (χ2n) is 12.3. The Hall–Kier alpha value is -3.82. The first-order valence-corrected chi connectivity index (χ1v) is 15.9. The minimum atomic E-state index is -4.57. The van der Waals surface area contributed by atoms with E-state index in [4.69, 9.17) is 0 Å². The van der Waals surface area contributed by atoms with Crippen LogP contribution in [0.4, 0.5) is 18.9 Å². The molecule has 1 aromatic heterocycles. The maximum atomic E-state index is 14.2. The molecule has 2 aliphatic heterocycles. The Labute approximate surface area is 256 Å². The van der Waals surface area contributed by atoms with E-state index in [0.717, 1.165) is 63.5 Å². The third kappa shape index (κ3) is 6.35. The number of alkyl halides is 3. The Morgan fingerprint density at radius 1 is 0.886 bits per heavy atom. The summed E-state index contributed by atoms with van der Waals surface area (Å²) in [5, 5.41) is 0. The number of aryl methyl sites for hydroxylation is 2. The molecule has 2 atom stereocenters. The highest BCUT2D eigenvalue weighted by molar-refractivity contribution is 6.05. The summed E-state index contributed by atoms with van der Waals surface area (Å²) in [6.45, 7) is 2.14. The van der Waals surface area contributed by atoms with Crippen molar-refractivity contribution in [1.29, 1.82) is 0 Å². The molecule has 2 aromatic carbocycles. The molecule has 44 heavy (non-hydrogen) atoms. The lowest BCUT2D eigenvalue weighted by atomic mass is 9.80. The van der Waals surface area contributed by atoms with Crippen LogP contribution in [0.2, 0.25) is 0 Å². The molecule has 3 aromatic rings. The number of imidazole rings is 1. The van der Waals surface area contributed by atoms with Crippen LogP contribution in [0, 0.1) is 5.92 Å². The number of carbonyl (C=O) groups excluding carboxylic acids is 2. The monoisotopic (exact) mass is 607 g/mol. The van der Waals surface area contributed by atoms with Gasteiger partial charge >= 0.3 is 6.18 Å². The second kappa shape index (κ2) is 13.0. The first-order chi connectivity index (χ1) is 21.3. The Balaban J connectivity index is 1.31. The van der Waals surface area contributed by atoms with E-state index in [2.05, 4.69) is 22.0 Å². The van der Waals surface area contributed by atoms with Gasteiger partial charge in [-0.2, -0.15) is 13.2 Å². The summed E-state index contributed by atoms with van der Waals surface area (Å²) < 4.78 is 43.4. The number of piperazine rings is 1. The number of aromatic nitrogens is 2. The molecular formula is C34H40F3N5O2. The van der Waals surface area contributed by atoms with Crippen molar-refractivity contribution < 1.29 is 22.8 Å². The highest BCUT2D eigenvalue weighted by Crippen LogP contribution is 2.42. The van der Waals surface area contributed by atoms with Crippen molar-refractivity contribution in [1.82, 2.24) is 19.4 Å². The number of hydrogen-bond acceptors (Lipinski definition) is 4. The molecule has 3 heterocycles. The maximum Gasteiger partial charge on any atom is 0.416 e. The SMILES string of the molecule is O=C1C(C2CCCCC2)N2C(=O)c3cc(C(F)(F)F)ccc3N(CCCn3ccnc3)C2CN1CCCCc1ccccc1. The second-order valence-corrected chi connectivity index (χ2v) is 12.3. The maximum absolute atomic E-state index is 14.2. The standard InChI is InChI=1S/C34H40F3N5O2/c35-34(36,37)27-15-16-29-28(22-27)32(43)42-30(41(29)20-9-18-39-21-17-38-24-39)23-40(19-8-7-12-25-10-3-1-4-11-25)33(44)31(42)26-13-5-2-6-14-26/h1,3-4,10-11,15-17,21-22,24,26,30-31H,2,5-9,12-14,18-20,23H2. The molecular weight excluding hydrogens is 567 g/mol. The van der Waals surface area contributed by atoms with E-state index >= 15 is 0 Å². The molecule has 2 amide bonds. The Morgan fingerprint density at radius 3 is 2.41 bits per heavy atom. The molecule has 0 spiro atoms. The van der Waals surface area contributed by atoms with Crippen molar-refractivity contribution >= 4 is 17.5 Å². The molecule has 1 aliphatic carbocycles. The number of anilines is 1. The van der Waals surface area contributed by atoms with Gasteiger partial charge in [0, 0.05) is 32.0 Å². The average molecular weight is 608 g/mol. The van der Waals surface area contributed by atoms with Gasteiger partial charge in [0.05, 0.1) is 29.7 Å². The number of fused-ring (bicyclic) bond motifs is 2. The van der Waals surface area contributed by atoms with E-state index in [-0.39, 0.29) is 17.4 Å². The van der Waals surface area contributed by atoms with Crippen LogP contribution in [0.3, 0.4) is 0 Å². The predicted octanol–water partition coefficient (Wildman–Crippen LogP) is 6.39. The van der Waals surface area contributed by atoms with E-state index in [9.17, 15) is 22.8 Å². The minimum Gasteiger partial charge on any atom is -0.349 e. The fourth-order valence-corrected chi connectivity index (χ4v) is 7.28. The van der Waals surface area contributed by atoms with Gasteiger partial charge in [-0.15, -0.1) is 0 Å². The molecule has 0 radical (unpaired) electrons. The summed E-state index contributed by atoms with van der Waals surface area (Å²) in [6, 6.07) is 13.1. The molecule has 7 nitrogen and oxygen atoms in total. The van der Waals surface area contributed by atoms with Gasteiger partial charge < -0.3 is 19.3 Å². The van der Waals surface area contributed by atoms with Crippen LogP contribution in [-0.4, -0.2) is 63.0 Å². The highest BCUT2D eigenvalue weighted by atomic mass is 19.4. The van der Waals surface area contributed by atoms with Crippen LogP contribution in [-0.2, 0) is 23.9 Å². The van der Waals surface area contributed by atoms with Crippen molar-refractivity contribution in [2.75, 3.05) is 24.5 Å². The van der Waals surface area contributed by atoms with Crippen molar-refractivity contribution in [3.63, 3.8) is 0 Å². The van der Waals surface area contributed by atoms with Gasteiger partial charge in [0.1, 0.15) is 12.2 Å². The smallest absolute Gasteiger partial charge is 0.349 e. The van der Waals surface area contributed by atoms with Crippen LogP contribution in [0.15, 0.2) is 67.3 Å². The number of unbranched alkanes of at least 4 members (excludes halogenated alkanes) is 1. The zero-order valence-corrected chi connectivity index (χ0v) is 25.0. The fraction of sp³-hybridized carbons (Fsp3) is 0.500. The van der Waals surface area contributed by atoms with Crippen molar-refractivity contribution in [3.05, 3.63) is 83.9 Å². The highest BCUT2D eigenvalue weighted by Gasteiger charge is 2.51. The molecule has 234 valence electrons. The molecule has 10 heteroatoms. The number of hydrogen-bond donors (Lipinski definition) is 0. The summed E-state index contributed by atoms with van der Waals surface area (Å²) in [4.78, 5) is 38.2. The van der Waals surface area contributed by atoms with Gasteiger partial charge in [-0.25, -0.2) is 4.98 Å². The van der Waals surface area contributed by atoms with E-state index in [1.807, 2.05) is 33.9 Å². The number of carbonyl (C=O) groups is 2. The largest absolute Gasteiger partial charge is 0.416 e. The van der Waals surface area contributed by atoms with Crippen LogP contribution < -0.4 is 4.90 Å². The lowest BCUT2D eigenvalue weighted by molar-refractivity contribution is -0.147. The quantitative estimate of drug-likeness (QED) is 0.251. The summed E-state index contributed by atoms with van der Waals surface area (Å²) in [6.07, 6.45) is 8.48. The normalized spacial score (nSPS) is 21.0. The predicted molar refractivity (Wildman–Crippen MR) is 162 cm³/mol. The van der Waals surface area contributed by atoms with Gasteiger partial charge in [-0.05, 0) is 68.2 Å². The van der Waals surface area contributed by atoms with Gasteiger partial charge in [-0.1, -0.05) is 49.6 Å². The molecule has 3 aliphatic rings. The van der Waals surface area contributed by atoms with E-state index in [0.29, 0.717) is 38.3 Å². The van der Waals surface area contributed by atoms with E-state index < -0.39 is 29.9 Å². The summed E-state index contributed by atoms with van der Waals surface area (Å²) in [5.74, 6) is -0.528.